The summed E-state index contributed by atoms with van der Waals surface area (Å²) in [5, 5.41) is 9.00. The monoisotopic (exact) mass is 439 g/mol. The number of hydrazine groups is 1. The summed E-state index contributed by atoms with van der Waals surface area (Å²) >= 11 is 0. The van der Waals surface area contributed by atoms with Crippen molar-refractivity contribution in [2.24, 2.45) is 0 Å². The van der Waals surface area contributed by atoms with Crippen LogP contribution in [-0.4, -0.2) is 29.3 Å². The van der Waals surface area contributed by atoms with Crippen molar-refractivity contribution in [2.45, 2.75) is 141 Å². The third-order valence-corrected chi connectivity index (χ3v) is 5.73. The standard InChI is InChI=1S/C25H47N2O4/c1-2-3-4-5-6-7-8-9-10-11-12-13-14-15-16-17-18-21-24(29)27-26-23(25(30)31)20-19-22-28/h23,26H,2-21H2,1H3,(H,27,29)(H,30,31)/t23-/m0/s1. The molecule has 31 heavy (non-hydrogen) atoms. The van der Waals surface area contributed by atoms with Crippen LogP contribution in [0.2, 0.25) is 0 Å². The number of carbonyl (C=O) groups excluding carboxylic acids is 2. The maximum atomic E-state index is 11.8. The number of unbranched alkanes of at least 4 members (excludes halogenated alkanes) is 16. The molecule has 0 aromatic rings. The summed E-state index contributed by atoms with van der Waals surface area (Å²) in [6.45, 7) is 2.27. The fraction of sp³-hybridized carbons (Fsp3) is 0.880. The van der Waals surface area contributed by atoms with Crippen LogP contribution >= 0.6 is 0 Å². The van der Waals surface area contributed by atoms with Crippen LogP contribution in [0.3, 0.4) is 0 Å². The van der Waals surface area contributed by atoms with Crippen molar-refractivity contribution >= 4 is 18.2 Å². The van der Waals surface area contributed by atoms with Crippen LogP contribution in [0.5, 0.6) is 0 Å². The zero-order valence-corrected chi connectivity index (χ0v) is 19.9. The zero-order valence-electron chi connectivity index (χ0n) is 19.9. The molecule has 1 atom stereocenters. The summed E-state index contributed by atoms with van der Waals surface area (Å²) in [5.74, 6) is -1.30. The zero-order chi connectivity index (χ0) is 23.0. The Morgan fingerprint density at radius 3 is 1.55 bits per heavy atom. The van der Waals surface area contributed by atoms with E-state index in [1.807, 2.05) is 0 Å². The molecule has 0 saturated heterocycles. The minimum atomic E-state index is -1.09. The van der Waals surface area contributed by atoms with Gasteiger partial charge in [0, 0.05) is 12.8 Å². The topological polar surface area (TPSA) is 95.5 Å². The fourth-order valence-electron chi connectivity index (χ4n) is 3.70. The Morgan fingerprint density at radius 2 is 1.16 bits per heavy atom. The van der Waals surface area contributed by atoms with E-state index in [0.29, 0.717) is 6.42 Å². The van der Waals surface area contributed by atoms with Gasteiger partial charge < -0.3 is 5.11 Å². The summed E-state index contributed by atoms with van der Waals surface area (Å²) in [5.41, 5.74) is 4.91. The average molecular weight is 440 g/mol. The van der Waals surface area contributed by atoms with Gasteiger partial charge >= 0.3 is 5.97 Å². The second-order valence-corrected chi connectivity index (χ2v) is 8.67. The maximum absolute atomic E-state index is 11.8. The van der Waals surface area contributed by atoms with Crippen LogP contribution in [0.25, 0.3) is 0 Å². The Labute approximate surface area is 190 Å². The van der Waals surface area contributed by atoms with E-state index in [-0.39, 0.29) is 18.7 Å². The Hall–Kier alpha value is -1.43. The molecule has 0 aromatic carbocycles. The Balaban J connectivity index is 3.34. The van der Waals surface area contributed by atoms with Crippen molar-refractivity contribution < 1.29 is 19.5 Å². The van der Waals surface area contributed by atoms with E-state index in [9.17, 15) is 14.4 Å². The lowest BCUT2D eigenvalue weighted by atomic mass is 10.0. The smallest absolute Gasteiger partial charge is 0.322 e. The van der Waals surface area contributed by atoms with Gasteiger partial charge in [0.25, 0.3) is 0 Å². The quantitative estimate of drug-likeness (QED) is 0.127. The largest absolute Gasteiger partial charge is 0.480 e. The van der Waals surface area contributed by atoms with Crippen LogP contribution in [0.1, 0.15) is 135 Å². The number of aliphatic carboxylic acids is 1. The molecule has 0 spiro atoms. The van der Waals surface area contributed by atoms with E-state index in [1.165, 1.54) is 89.9 Å². The number of hydrogen-bond acceptors (Lipinski definition) is 4. The number of carboxylic acid groups (broad SMARTS) is 1. The van der Waals surface area contributed by atoms with E-state index in [1.54, 1.807) is 6.29 Å². The number of rotatable bonds is 24. The van der Waals surface area contributed by atoms with Crippen LogP contribution in [0.4, 0.5) is 0 Å². The first kappa shape index (κ1) is 29.6. The van der Waals surface area contributed by atoms with Gasteiger partial charge in [-0.15, -0.1) is 0 Å². The first-order valence-electron chi connectivity index (χ1n) is 12.7. The van der Waals surface area contributed by atoms with Crippen molar-refractivity contribution in [2.75, 3.05) is 0 Å². The highest BCUT2D eigenvalue weighted by atomic mass is 16.4. The number of amides is 1. The first-order chi connectivity index (χ1) is 15.1. The van der Waals surface area contributed by atoms with Crippen LogP contribution in [0, 0.1) is 0 Å². The van der Waals surface area contributed by atoms with Gasteiger partial charge in [0.05, 0.1) is 0 Å². The van der Waals surface area contributed by atoms with E-state index in [0.717, 1.165) is 19.3 Å². The number of carboxylic acids is 1. The summed E-state index contributed by atoms with van der Waals surface area (Å²) in [6, 6.07) is -0.957. The van der Waals surface area contributed by atoms with E-state index in [4.69, 9.17) is 5.11 Å². The lowest BCUT2D eigenvalue weighted by Gasteiger charge is -2.13. The molecule has 0 aliphatic rings. The van der Waals surface area contributed by atoms with Gasteiger partial charge in [0.1, 0.15) is 6.04 Å². The van der Waals surface area contributed by atoms with Gasteiger partial charge in [-0.25, -0.2) is 5.43 Å². The molecule has 0 aromatic heterocycles. The molecular formula is C25H47N2O4. The van der Waals surface area contributed by atoms with Crippen molar-refractivity contribution in [1.29, 1.82) is 0 Å². The fourth-order valence-corrected chi connectivity index (χ4v) is 3.70. The van der Waals surface area contributed by atoms with Crippen LogP contribution in [-0.2, 0) is 14.4 Å². The van der Waals surface area contributed by atoms with Gasteiger partial charge in [-0.2, -0.15) is 0 Å². The third kappa shape index (κ3) is 21.6. The molecule has 6 heteroatoms. The third-order valence-electron chi connectivity index (χ3n) is 5.73. The molecule has 0 heterocycles. The van der Waals surface area contributed by atoms with Crippen molar-refractivity contribution in [3.63, 3.8) is 0 Å². The van der Waals surface area contributed by atoms with Gasteiger partial charge in [-0.05, 0) is 12.8 Å². The lowest BCUT2D eigenvalue weighted by Crippen LogP contribution is -2.48. The number of nitrogens with one attached hydrogen (secondary N) is 2. The highest BCUT2D eigenvalue weighted by Crippen LogP contribution is 2.14. The first-order valence-corrected chi connectivity index (χ1v) is 12.7. The molecule has 0 aliphatic carbocycles. The van der Waals surface area contributed by atoms with Crippen LogP contribution in [0.15, 0.2) is 0 Å². The predicted octanol–water partition coefficient (Wildman–Crippen LogP) is 5.99. The summed E-state index contributed by atoms with van der Waals surface area (Å²) < 4.78 is 0. The molecule has 3 N–H and O–H groups in total. The Kier molecular flexibility index (Phi) is 22.2. The summed E-state index contributed by atoms with van der Waals surface area (Å²) in [7, 11) is 0. The molecule has 181 valence electrons. The summed E-state index contributed by atoms with van der Waals surface area (Å²) in [4.78, 5) is 33.0. The molecule has 0 aliphatic heterocycles. The lowest BCUT2D eigenvalue weighted by molar-refractivity contribution is -0.140. The minimum Gasteiger partial charge on any atom is -0.480 e. The van der Waals surface area contributed by atoms with Crippen molar-refractivity contribution in [3.8, 4) is 0 Å². The molecule has 1 radical (unpaired) electrons. The highest BCUT2D eigenvalue weighted by molar-refractivity contribution is 5.77. The van der Waals surface area contributed by atoms with Gasteiger partial charge in [-0.3, -0.25) is 19.8 Å². The second kappa shape index (κ2) is 23.2. The molecule has 1 amide bonds. The van der Waals surface area contributed by atoms with Gasteiger partial charge in [-0.1, -0.05) is 110 Å². The highest BCUT2D eigenvalue weighted by Gasteiger charge is 2.17. The summed E-state index contributed by atoms with van der Waals surface area (Å²) in [6.07, 6.45) is 24.3. The molecule has 0 unspecified atom stereocenters. The molecule has 0 saturated carbocycles. The maximum Gasteiger partial charge on any atom is 0.322 e. The Morgan fingerprint density at radius 1 is 0.742 bits per heavy atom. The Bertz CT molecular complexity index is 443. The minimum absolute atomic E-state index is 0.0268. The normalized spacial score (nSPS) is 11.9. The predicted molar refractivity (Wildman–Crippen MR) is 126 cm³/mol. The molecule has 0 fully saturated rings. The van der Waals surface area contributed by atoms with Crippen molar-refractivity contribution in [3.05, 3.63) is 0 Å². The molecule has 6 nitrogen and oxygen atoms in total. The van der Waals surface area contributed by atoms with Gasteiger partial charge in [0.15, 0.2) is 6.29 Å². The van der Waals surface area contributed by atoms with Crippen LogP contribution < -0.4 is 10.9 Å². The van der Waals surface area contributed by atoms with E-state index < -0.39 is 12.0 Å². The van der Waals surface area contributed by atoms with Gasteiger partial charge in [0.2, 0.25) is 5.91 Å². The second-order valence-electron chi connectivity index (χ2n) is 8.67. The molecule has 0 rings (SSSR count). The number of carbonyl (C=O) groups is 2. The molecular weight excluding hydrogens is 392 g/mol. The van der Waals surface area contributed by atoms with E-state index in [2.05, 4.69) is 17.8 Å². The SMILES string of the molecule is CCCCCCCCCCCCCCCCCCCC(=O)NN[C@@H](CC[C]=O)C(=O)O. The number of hydrogen-bond donors (Lipinski definition) is 3. The van der Waals surface area contributed by atoms with E-state index >= 15 is 0 Å². The average Bonchev–Trinajstić information content (AvgIpc) is 2.75. The van der Waals surface area contributed by atoms with Crippen molar-refractivity contribution in [1.82, 2.24) is 10.9 Å². The molecule has 0 bridgehead atoms.